The van der Waals surface area contributed by atoms with E-state index in [1.165, 1.54) is 17.1 Å². The molecule has 1 N–H and O–H groups in total. The number of hydrogen-bond acceptors (Lipinski definition) is 2. The van der Waals surface area contributed by atoms with Gasteiger partial charge in [0.15, 0.2) is 0 Å². The Morgan fingerprint density at radius 2 is 2.00 bits per heavy atom. The maximum atomic E-state index is 11.5. The Labute approximate surface area is 79.5 Å². The summed E-state index contributed by atoms with van der Waals surface area (Å²) < 4.78 is 26.9. The highest BCUT2D eigenvalue weighted by atomic mass is 32.2. The van der Waals surface area contributed by atoms with Crippen molar-refractivity contribution < 1.29 is 8.42 Å². The maximum absolute atomic E-state index is 11.5. The molecule has 5 heteroatoms. The Kier molecular flexibility index (Phi) is 2.13. The molecule has 0 aromatic carbocycles. The lowest BCUT2D eigenvalue weighted by Gasteiger charge is -2.18. The van der Waals surface area contributed by atoms with Gasteiger partial charge in [-0.2, -0.15) is 17.4 Å². The van der Waals surface area contributed by atoms with Crippen LogP contribution in [-0.2, 0) is 10.2 Å². The molecule has 0 aliphatic heterocycles. The molecule has 4 nitrogen and oxygen atoms in total. The zero-order valence-corrected chi connectivity index (χ0v) is 8.84. The predicted octanol–water partition coefficient (Wildman–Crippen LogP) is 0.181. The van der Waals surface area contributed by atoms with E-state index in [1.54, 1.807) is 14.1 Å². The summed E-state index contributed by atoms with van der Waals surface area (Å²) in [5.41, 5.74) is 0. The van der Waals surface area contributed by atoms with Crippen LogP contribution in [0, 0.1) is 11.8 Å². The fourth-order valence-electron chi connectivity index (χ4n) is 2.15. The van der Waals surface area contributed by atoms with E-state index in [-0.39, 0.29) is 6.04 Å². The molecule has 76 valence electrons. The Morgan fingerprint density at radius 3 is 2.38 bits per heavy atom. The van der Waals surface area contributed by atoms with E-state index in [9.17, 15) is 8.42 Å². The van der Waals surface area contributed by atoms with Crippen LogP contribution in [0.15, 0.2) is 0 Å². The van der Waals surface area contributed by atoms with Gasteiger partial charge < -0.3 is 0 Å². The van der Waals surface area contributed by atoms with Gasteiger partial charge >= 0.3 is 0 Å². The Hall–Kier alpha value is -0.130. The van der Waals surface area contributed by atoms with Crippen molar-refractivity contribution in [3.8, 4) is 0 Å². The van der Waals surface area contributed by atoms with Gasteiger partial charge in [0.2, 0.25) is 0 Å². The summed E-state index contributed by atoms with van der Waals surface area (Å²) in [6.45, 7) is 0. The minimum Gasteiger partial charge on any atom is -0.199 e. The molecular weight excluding hydrogens is 188 g/mol. The first-order valence-corrected chi connectivity index (χ1v) is 6.14. The standard InChI is InChI=1S/C8H16N2O2S/c1-10(2)13(11,12)9-8-4-3-6-5-7(6)8/h6-9H,3-5H2,1-2H3. The van der Waals surface area contributed by atoms with Crippen LogP contribution in [0.5, 0.6) is 0 Å². The minimum absolute atomic E-state index is 0.206. The zero-order chi connectivity index (χ0) is 9.64. The fraction of sp³-hybridized carbons (Fsp3) is 1.00. The van der Waals surface area contributed by atoms with Crippen LogP contribution < -0.4 is 4.72 Å². The molecule has 3 unspecified atom stereocenters. The second-order valence-corrected chi connectivity index (χ2v) is 6.16. The van der Waals surface area contributed by atoms with Crippen molar-refractivity contribution >= 4 is 10.2 Å². The van der Waals surface area contributed by atoms with E-state index < -0.39 is 10.2 Å². The van der Waals surface area contributed by atoms with Crippen LogP contribution in [0.4, 0.5) is 0 Å². The molecule has 2 rings (SSSR count). The first-order chi connectivity index (χ1) is 6.00. The molecule has 0 saturated heterocycles. The molecule has 0 bridgehead atoms. The molecular formula is C8H16N2O2S. The average molecular weight is 204 g/mol. The summed E-state index contributed by atoms with van der Waals surface area (Å²) >= 11 is 0. The van der Waals surface area contributed by atoms with Gasteiger partial charge in [0.25, 0.3) is 10.2 Å². The van der Waals surface area contributed by atoms with Gasteiger partial charge in [-0.25, -0.2) is 0 Å². The van der Waals surface area contributed by atoms with Gasteiger partial charge in [0.05, 0.1) is 0 Å². The maximum Gasteiger partial charge on any atom is 0.279 e. The third-order valence-corrected chi connectivity index (χ3v) is 4.69. The molecule has 0 spiro atoms. The first kappa shape index (κ1) is 9.43. The third kappa shape index (κ3) is 1.73. The summed E-state index contributed by atoms with van der Waals surface area (Å²) in [7, 11) is -0.0901. The number of hydrogen-bond donors (Lipinski definition) is 1. The van der Waals surface area contributed by atoms with E-state index in [4.69, 9.17) is 0 Å². The molecule has 0 radical (unpaired) electrons. The molecule has 2 saturated carbocycles. The monoisotopic (exact) mass is 204 g/mol. The molecule has 13 heavy (non-hydrogen) atoms. The van der Waals surface area contributed by atoms with Gasteiger partial charge in [-0.1, -0.05) is 0 Å². The smallest absolute Gasteiger partial charge is 0.199 e. The molecule has 0 aromatic heterocycles. The summed E-state index contributed by atoms with van der Waals surface area (Å²) in [6, 6.07) is 0.206. The Morgan fingerprint density at radius 1 is 1.31 bits per heavy atom. The van der Waals surface area contributed by atoms with Gasteiger partial charge in [0, 0.05) is 20.1 Å². The van der Waals surface area contributed by atoms with E-state index >= 15 is 0 Å². The van der Waals surface area contributed by atoms with Crippen molar-refractivity contribution in [2.24, 2.45) is 11.8 Å². The summed E-state index contributed by atoms with van der Waals surface area (Å²) in [4.78, 5) is 0. The highest BCUT2D eigenvalue weighted by Crippen LogP contribution is 2.51. The summed E-state index contributed by atoms with van der Waals surface area (Å²) in [6.07, 6.45) is 3.44. The normalized spacial score (nSPS) is 37.9. The SMILES string of the molecule is CN(C)S(=O)(=O)NC1CCC2CC21. The predicted molar refractivity (Wildman–Crippen MR) is 50.4 cm³/mol. The molecule has 2 fully saturated rings. The van der Waals surface area contributed by atoms with Gasteiger partial charge in [-0.05, 0) is 31.1 Å². The van der Waals surface area contributed by atoms with Crippen LogP contribution >= 0.6 is 0 Å². The summed E-state index contributed by atoms with van der Waals surface area (Å²) in [5.74, 6) is 1.45. The van der Waals surface area contributed by atoms with Crippen molar-refractivity contribution in [3.05, 3.63) is 0 Å². The van der Waals surface area contributed by atoms with Crippen molar-refractivity contribution in [1.82, 2.24) is 9.03 Å². The van der Waals surface area contributed by atoms with Gasteiger partial charge in [-0.15, -0.1) is 0 Å². The topological polar surface area (TPSA) is 49.4 Å². The number of rotatable bonds is 3. The lowest BCUT2D eigenvalue weighted by atomic mass is 10.2. The van der Waals surface area contributed by atoms with Crippen LogP contribution in [0.25, 0.3) is 0 Å². The highest BCUT2D eigenvalue weighted by molar-refractivity contribution is 7.87. The molecule has 3 atom stereocenters. The van der Waals surface area contributed by atoms with Crippen molar-refractivity contribution in [1.29, 1.82) is 0 Å². The van der Waals surface area contributed by atoms with Crippen LogP contribution in [0.3, 0.4) is 0 Å². The lowest BCUT2D eigenvalue weighted by molar-refractivity contribution is 0.472. The third-order valence-electron chi connectivity index (χ3n) is 3.12. The van der Waals surface area contributed by atoms with Crippen molar-refractivity contribution in [3.63, 3.8) is 0 Å². The number of nitrogens with one attached hydrogen (secondary N) is 1. The molecule has 0 amide bonds. The fourth-order valence-corrected chi connectivity index (χ4v) is 3.03. The Bertz CT molecular complexity index is 299. The van der Waals surface area contributed by atoms with Gasteiger partial charge in [0.1, 0.15) is 0 Å². The number of nitrogens with zero attached hydrogens (tertiary/aromatic N) is 1. The highest BCUT2D eigenvalue weighted by Gasteiger charge is 2.49. The quantitative estimate of drug-likeness (QED) is 0.713. The largest absolute Gasteiger partial charge is 0.279 e. The molecule has 0 heterocycles. The number of fused-ring (bicyclic) bond motifs is 1. The van der Waals surface area contributed by atoms with E-state index in [1.807, 2.05) is 0 Å². The Balaban J connectivity index is 1.97. The van der Waals surface area contributed by atoms with Crippen molar-refractivity contribution in [2.45, 2.75) is 25.3 Å². The molecule has 0 aromatic rings. The van der Waals surface area contributed by atoms with Crippen molar-refractivity contribution in [2.75, 3.05) is 14.1 Å². The van der Waals surface area contributed by atoms with E-state index in [2.05, 4.69) is 4.72 Å². The van der Waals surface area contributed by atoms with Crippen LogP contribution in [0.2, 0.25) is 0 Å². The second kappa shape index (κ2) is 2.93. The molecule has 2 aliphatic rings. The van der Waals surface area contributed by atoms with Crippen LogP contribution in [-0.4, -0.2) is 32.9 Å². The first-order valence-electron chi connectivity index (χ1n) is 4.70. The molecule has 2 aliphatic carbocycles. The average Bonchev–Trinajstić information content (AvgIpc) is 2.70. The van der Waals surface area contributed by atoms with E-state index in [0.717, 1.165) is 12.3 Å². The van der Waals surface area contributed by atoms with Gasteiger partial charge in [-0.3, -0.25) is 0 Å². The second-order valence-electron chi connectivity index (χ2n) is 4.25. The minimum atomic E-state index is -3.20. The van der Waals surface area contributed by atoms with Crippen LogP contribution in [0.1, 0.15) is 19.3 Å². The van der Waals surface area contributed by atoms with E-state index in [0.29, 0.717) is 5.92 Å². The summed E-state index contributed by atoms with van der Waals surface area (Å²) in [5, 5.41) is 0. The zero-order valence-electron chi connectivity index (χ0n) is 8.03. The lowest BCUT2D eigenvalue weighted by Crippen LogP contribution is -2.42.